The number of methoxy groups -OCH3 is 1. The second kappa shape index (κ2) is 7.61. The van der Waals surface area contributed by atoms with Gasteiger partial charge in [0.1, 0.15) is 18.1 Å². The first-order valence-corrected chi connectivity index (χ1v) is 7.57. The first-order valence-electron chi connectivity index (χ1n) is 6.76. The third-order valence-electron chi connectivity index (χ3n) is 2.89. The van der Waals surface area contributed by atoms with Gasteiger partial charge in [0, 0.05) is 0 Å². The summed E-state index contributed by atoms with van der Waals surface area (Å²) in [5.74, 6) is 1.24. The summed E-state index contributed by atoms with van der Waals surface area (Å²) in [6.07, 6.45) is 0. The first-order chi connectivity index (χ1) is 10.6. The molecule has 0 radical (unpaired) electrons. The fourth-order valence-electron chi connectivity index (χ4n) is 1.74. The summed E-state index contributed by atoms with van der Waals surface area (Å²) in [7, 11) is 1.60. The third kappa shape index (κ3) is 4.33. The topological polar surface area (TPSA) is 64.6 Å². The highest BCUT2D eigenvalue weighted by atomic mass is 32.1. The zero-order valence-corrected chi connectivity index (χ0v) is 13.2. The van der Waals surface area contributed by atoms with Crippen LogP contribution < -0.4 is 14.8 Å². The molecule has 0 atom stereocenters. The molecule has 0 aliphatic carbocycles. The summed E-state index contributed by atoms with van der Waals surface area (Å²) >= 11 is 1.19. The Labute approximate surface area is 132 Å². The number of nitrogens with one attached hydrogen (secondary N) is 1. The average molecular weight is 319 g/mol. The molecule has 1 aromatic carbocycles. The molecule has 0 unspecified atom stereocenters. The molecule has 0 spiro atoms. The van der Waals surface area contributed by atoms with Crippen LogP contribution in [0, 0.1) is 0 Å². The van der Waals surface area contributed by atoms with E-state index in [2.05, 4.69) is 5.32 Å². The van der Waals surface area contributed by atoms with Crippen LogP contribution in [0.4, 0.5) is 0 Å². The highest BCUT2D eigenvalue weighted by Crippen LogP contribution is 2.17. The zero-order valence-electron chi connectivity index (χ0n) is 12.4. The molecule has 5 nitrogen and oxygen atoms in total. The van der Waals surface area contributed by atoms with Crippen molar-refractivity contribution in [1.29, 1.82) is 0 Å². The molecular formula is C16H17NO4S. The molecular weight excluding hydrogens is 302 g/mol. The van der Waals surface area contributed by atoms with E-state index in [0.29, 0.717) is 28.7 Å². The van der Waals surface area contributed by atoms with Crippen molar-refractivity contribution < 1.29 is 19.1 Å². The van der Waals surface area contributed by atoms with Crippen molar-refractivity contribution in [2.75, 3.05) is 20.3 Å². The molecule has 1 amide bonds. The Morgan fingerprint density at radius 2 is 1.68 bits per heavy atom. The predicted molar refractivity (Wildman–Crippen MR) is 85.1 cm³/mol. The van der Waals surface area contributed by atoms with E-state index in [9.17, 15) is 9.59 Å². The molecule has 1 N–H and O–H groups in total. The van der Waals surface area contributed by atoms with Crippen LogP contribution in [0.5, 0.6) is 11.5 Å². The van der Waals surface area contributed by atoms with Gasteiger partial charge < -0.3 is 14.8 Å². The lowest BCUT2D eigenvalue weighted by Crippen LogP contribution is -2.27. The van der Waals surface area contributed by atoms with E-state index in [-0.39, 0.29) is 11.7 Å². The molecule has 2 aromatic rings. The average Bonchev–Trinajstić information content (AvgIpc) is 3.02. The summed E-state index contributed by atoms with van der Waals surface area (Å²) in [5, 5.41) is 2.75. The molecule has 0 aliphatic heterocycles. The minimum atomic E-state index is -0.198. The fourth-order valence-corrected chi connectivity index (χ4v) is 2.56. The van der Waals surface area contributed by atoms with Crippen LogP contribution in [0.2, 0.25) is 0 Å². The summed E-state index contributed by atoms with van der Waals surface area (Å²) in [4.78, 5) is 24.2. The van der Waals surface area contributed by atoms with Crippen LogP contribution in [0.25, 0.3) is 0 Å². The second-order valence-corrected chi connectivity index (χ2v) is 5.58. The number of Topliss-reactive ketones (excluding diaryl/α,β-unsaturated/α-hetero) is 1. The van der Waals surface area contributed by atoms with E-state index in [4.69, 9.17) is 9.47 Å². The van der Waals surface area contributed by atoms with Gasteiger partial charge in [0.05, 0.1) is 23.4 Å². The molecule has 0 bridgehead atoms. The smallest absolute Gasteiger partial charge is 0.261 e. The quantitative estimate of drug-likeness (QED) is 0.629. The predicted octanol–water partition coefficient (Wildman–Crippen LogP) is 2.77. The maximum Gasteiger partial charge on any atom is 0.261 e. The summed E-state index contributed by atoms with van der Waals surface area (Å²) in [6, 6.07) is 10.5. The van der Waals surface area contributed by atoms with Crippen molar-refractivity contribution >= 4 is 23.0 Å². The molecule has 116 valence electrons. The number of ketones is 1. The summed E-state index contributed by atoms with van der Waals surface area (Å²) in [6.45, 7) is 2.23. The highest BCUT2D eigenvalue weighted by Gasteiger charge is 2.10. The van der Waals surface area contributed by atoms with Crippen LogP contribution in [0.3, 0.4) is 0 Å². The molecule has 1 aromatic heterocycles. The summed E-state index contributed by atoms with van der Waals surface area (Å²) < 4.78 is 10.6. The zero-order chi connectivity index (χ0) is 15.9. The van der Waals surface area contributed by atoms with E-state index in [0.717, 1.165) is 5.75 Å². The van der Waals surface area contributed by atoms with Gasteiger partial charge in [0.15, 0.2) is 5.78 Å². The number of benzene rings is 1. The Hall–Kier alpha value is -2.34. The van der Waals surface area contributed by atoms with Crippen molar-refractivity contribution in [2.45, 2.75) is 6.92 Å². The van der Waals surface area contributed by atoms with E-state index < -0.39 is 0 Å². The Morgan fingerprint density at radius 1 is 1.05 bits per heavy atom. The Bertz CT molecular complexity index is 648. The van der Waals surface area contributed by atoms with E-state index in [1.165, 1.54) is 18.3 Å². The molecule has 0 saturated heterocycles. The minimum Gasteiger partial charge on any atom is -0.497 e. The lowest BCUT2D eigenvalue weighted by molar-refractivity contribution is 0.0950. The van der Waals surface area contributed by atoms with Crippen molar-refractivity contribution in [3.63, 3.8) is 0 Å². The van der Waals surface area contributed by atoms with Crippen LogP contribution in [0.15, 0.2) is 36.4 Å². The standard InChI is InChI=1S/C16H17NO4S/c1-11(18)14-7-8-15(22-14)16(19)17-9-10-21-13-5-3-12(20-2)4-6-13/h3-8H,9-10H2,1-2H3,(H,17,19). The third-order valence-corrected chi connectivity index (χ3v) is 4.08. The van der Waals surface area contributed by atoms with Gasteiger partial charge in [0.2, 0.25) is 0 Å². The van der Waals surface area contributed by atoms with Crippen molar-refractivity contribution in [1.82, 2.24) is 5.32 Å². The maximum atomic E-state index is 11.9. The molecule has 2 rings (SSSR count). The summed E-state index contributed by atoms with van der Waals surface area (Å²) in [5.41, 5.74) is 0. The Morgan fingerprint density at radius 3 is 2.27 bits per heavy atom. The molecule has 0 saturated carbocycles. The normalized spacial score (nSPS) is 10.1. The lowest BCUT2D eigenvalue weighted by atomic mass is 10.3. The number of hydrogen-bond acceptors (Lipinski definition) is 5. The van der Waals surface area contributed by atoms with Crippen LogP contribution in [-0.2, 0) is 0 Å². The Kier molecular flexibility index (Phi) is 5.55. The van der Waals surface area contributed by atoms with Crippen molar-refractivity contribution in [3.05, 3.63) is 46.2 Å². The van der Waals surface area contributed by atoms with Gasteiger partial charge in [0.25, 0.3) is 5.91 Å². The SMILES string of the molecule is COc1ccc(OCCNC(=O)c2ccc(C(C)=O)s2)cc1. The van der Waals surface area contributed by atoms with Gasteiger partial charge in [-0.05, 0) is 43.3 Å². The largest absolute Gasteiger partial charge is 0.497 e. The molecule has 0 aliphatic rings. The minimum absolute atomic E-state index is 0.0353. The first kappa shape index (κ1) is 16.0. The second-order valence-electron chi connectivity index (χ2n) is 4.50. The van der Waals surface area contributed by atoms with E-state index >= 15 is 0 Å². The van der Waals surface area contributed by atoms with Crippen LogP contribution in [-0.4, -0.2) is 32.0 Å². The number of amides is 1. The number of carbonyl (C=O) groups is 2. The maximum absolute atomic E-state index is 11.9. The van der Waals surface area contributed by atoms with Gasteiger partial charge in [-0.2, -0.15) is 0 Å². The van der Waals surface area contributed by atoms with Crippen molar-refractivity contribution in [3.8, 4) is 11.5 Å². The van der Waals surface area contributed by atoms with Crippen molar-refractivity contribution in [2.24, 2.45) is 0 Å². The van der Waals surface area contributed by atoms with Gasteiger partial charge >= 0.3 is 0 Å². The number of carbonyl (C=O) groups excluding carboxylic acids is 2. The fraction of sp³-hybridized carbons (Fsp3) is 0.250. The number of ether oxygens (including phenoxy) is 2. The number of rotatable bonds is 7. The van der Waals surface area contributed by atoms with Gasteiger partial charge in [-0.25, -0.2) is 0 Å². The number of hydrogen-bond donors (Lipinski definition) is 1. The monoisotopic (exact) mass is 319 g/mol. The highest BCUT2D eigenvalue weighted by molar-refractivity contribution is 7.15. The van der Waals surface area contributed by atoms with Crippen LogP contribution in [0.1, 0.15) is 26.3 Å². The molecule has 6 heteroatoms. The van der Waals surface area contributed by atoms with Crippen LogP contribution >= 0.6 is 11.3 Å². The molecule has 1 heterocycles. The van der Waals surface area contributed by atoms with Gasteiger partial charge in [-0.3, -0.25) is 9.59 Å². The number of thiophene rings is 1. The lowest BCUT2D eigenvalue weighted by Gasteiger charge is -2.07. The molecule has 0 fully saturated rings. The Balaban J connectivity index is 1.75. The van der Waals surface area contributed by atoms with Gasteiger partial charge in [-0.1, -0.05) is 0 Å². The van der Waals surface area contributed by atoms with E-state index in [1.807, 2.05) is 12.1 Å². The van der Waals surface area contributed by atoms with Gasteiger partial charge in [-0.15, -0.1) is 11.3 Å². The molecule has 22 heavy (non-hydrogen) atoms. The van der Waals surface area contributed by atoms with E-state index in [1.54, 1.807) is 31.4 Å².